The standard InChI is InChI=1S/C9H16N2O/c1-5-11-8(12)6-7(10-11)9(2,3)4/h6,12H,5H2,1-4H3. The van der Waals surface area contributed by atoms with Crippen LogP contribution in [0.5, 0.6) is 5.88 Å². The topological polar surface area (TPSA) is 38.0 Å². The van der Waals surface area contributed by atoms with E-state index in [-0.39, 0.29) is 11.3 Å². The van der Waals surface area contributed by atoms with Gasteiger partial charge in [-0.25, -0.2) is 4.68 Å². The quantitative estimate of drug-likeness (QED) is 0.695. The molecule has 68 valence electrons. The van der Waals surface area contributed by atoms with Crippen molar-refractivity contribution < 1.29 is 5.11 Å². The first-order valence-corrected chi connectivity index (χ1v) is 4.22. The van der Waals surface area contributed by atoms with Crippen molar-refractivity contribution in [3.63, 3.8) is 0 Å². The second kappa shape index (κ2) is 2.81. The molecule has 1 N–H and O–H groups in total. The number of hydrogen-bond donors (Lipinski definition) is 1. The first-order valence-electron chi connectivity index (χ1n) is 4.22. The van der Waals surface area contributed by atoms with Crippen molar-refractivity contribution in [1.82, 2.24) is 9.78 Å². The van der Waals surface area contributed by atoms with Crippen LogP contribution in [0, 0.1) is 0 Å². The molecule has 0 aromatic carbocycles. The molecule has 0 saturated heterocycles. The summed E-state index contributed by atoms with van der Waals surface area (Å²) in [5.74, 6) is 0.252. The molecule has 0 aliphatic rings. The van der Waals surface area contributed by atoms with Crippen LogP contribution in [0.2, 0.25) is 0 Å². The molecule has 1 aromatic heterocycles. The summed E-state index contributed by atoms with van der Waals surface area (Å²) in [5.41, 5.74) is 0.944. The van der Waals surface area contributed by atoms with Crippen LogP contribution in [0.15, 0.2) is 6.07 Å². The second-order valence-corrected chi connectivity index (χ2v) is 3.95. The van der Waals surface area contributed by atoms with Gasteiger partial charge in [0.05, 0.1) is 5.69 Å². The van der Waals surface area contributed by atoms with E-state index in [1.165, 1.54) is 0 Å². The van der Waals surface area contributed by atoms with E-state index in [1.807, 2.05) is 6.92 Å². The molecule has 0 radical (unpaired) electrons. The van der Waals surface area contributed by atoms with Gasteiger partial charge in [0.25, 0.3) is 0 Å². The van der Waals surface area contributed by atoms with Gasteiger partial charge in [-0.3, -0.25) is 0 Å². The van der Waals surface area contributed by atoms with E-state index in [9.17, 15) is 5.11 Å². The highest BCUT2D eigenvalue weighted by atomic mass is 16.3. The summed E-state index contributed by atoms with van der Waals surface area (Å²) in [5, 5.41) is 13.7. The molecule has 0 fully saturated rings. The molecule has 0 spiro atoms. The third-order valence-electron chi connectivity index (χ3n) is 1.83. The Morgan fingerprint density at radius 3 is 2.33 bits per heavy atom. The van der Waals surface area contributed by atoms with Gasteiger partial charge >= 0.3 is 0 Å². The molecule has 0 aliphatic heterocycles. The van der Waals surface area contributed by atoms with E-state index in [1.54, 1.807) is 10.7 Å². The molecule has 1 rings (SSSR count). The van der Waals surface area contributed by atoms with Crippen molar-refractivity contribution in [1.29, 1.82) is 0 Å². The van der Waals surface area contributed by atoms with Gasteiger partial charge in [-0.15, -0.1) is 0 Å². The highest BCUT2D eigenvalue weighted by molar-refractivity contribution is 5.20. The molecule has 12 heavy (non-hydrogen) atoms. The Morgan fingerprint density at radius 2 is 2.08 bits per heavy atom. The monoisotopic (exact) mass is 168 g/mol. The average Bonchev–Trinajstić information content (AvgIpc) is 2.29. The van der Waals surface area contributed by atoms with Gasteiger partial charge < -0.3 is 5.11 Å². The summed E-state index contributed by atoms with van der Waals surface area (Å²) in [4.78, 5) is 0. The van der Waals surface area contributed by atoms with Crippen LogP contribution < -0.4 is 0 Å². The number of aromatic hydroxyl groups is 1. The Labute approximate surface area is 73.0 Å². The van der Waals surface area contributed by atoms with Crippen LogP contribution in [0.4, 0.5) is 0 Å². The van der Waals surface area contributed by atoms with E-state index < -0.39 is 0 Å². The fourth-order valence-corrected chi connectivity index (χ4v) is 1.01. The molecular formula is C9H16N2O. The SMILES string of the molecule is CCn1nc(C(C)(C)C)cc1O. The third kappa shape index (κ3) is 1.60. The van der Waals surface area contributed by atoms with Gasteiger partial charge in [-0.1, -0.05) is 20.8 Å². The minimum Gasteiger partial charge on any atom is -0.493 e. The highest BCUT2D eigenvalue weighted by Gasteiger charge is 2.18. The van der Waals surface area contributed by atoms with E-state index >= 15 is 0 Å². The van der Waals surface area contributed by atoms with Crippen molar-refractivity contribution in [3.05, 3.63) is 11.8 Å². The zero-order valence-corrected chi connectivity index (χ0v) is 8.13. The van der Waals surface area contributed by atoms with Crippen LogP contribution in [-0.2, 0) is 12.0 Å². The maximum absolute atomic E-state index is 9.40. The fourth-order valence-electron chi connectivity index (χ4n) is 1.01. The number of hydrogen-bond acceptors (Lipinski definition) is 2. The zero-order chi connectivity index (χ0) is 9.35. The molecule has 0 unspecified atom stereocenters. The molecule has 1 aromatic rings. The lowest BCUT2D eigenvalue weighted by molar-refractivity contribution is 0.404. The summed E-state index contributed by atoms with van der Waals surface area (Å²) < 4.78 is 1.60. The molecular weight excluding hydrogens is 152 g/mol. The Balaban J connectivity index is 3.05. The van der Waals surface area contributed by atoms with Gasteiger partial charge in [-0.2, -0.15) is 5.10 Å². The normalized spacial score (nSPS) is 12.0. The summed E-state index contributed by atoms with van der Waals surface area (Å²) >= 11 is 0. The van der Waals surface area contributed by atoms with Crippen LogP contribution in [0.3, 0.4) is 0 Å². The zero-order valence-electron chi connectivity index (χ0n) is 8.13. The Bertz CT molecular complexity index is 271. The van der Waals surface area contributed by atoms with E-state index in [0.29, 0.717) is 6.54 Å². The van der Waals surface area contributed by atoms with Crippen molar-refractivity contribution in [3.8, 4) is 5.88 Å². The number of nitrogens with zero attached hydrogens (tertiary/aromatic N) is 2. The minimum absolute atomic E-state index is 0.0118. The maximum atomic E-state index is 9.40. The molecule has 3 heteroatoms. The predicted octanol–water partition coefficient (Wildman–Crippen LogP) is 1.91. The van der Waals surface area contributed by atoms with Crippen LogP contribution in [0.25, 0.3) is 0 Å². The molecule has 3 nitrogen and oxygen atoms in total. The van der Waals surface area contributed by atoms with Gasteiger partial charge in [0.1, 0.15) is 0 Å². The molecule has 0 atom stereocenters. The van der Waals surface area contributed by atoms with Gasteiger partial charge in [0.2, 0.25) is 5.88 Å². The number of rotatable bonds is 1. The molecule has 0 bridgehead atoms. The minimum atomic E-state index is 0.0118. The number of aryl methyl sites for hydroxylation is 1. The predicted molar refractivity (Wildman–Crippen MR) is 48.3 cm³/mol. The third-order valence-corrected chi connectivity index (χ3v) is 1.83. The lowest BCUT2D eigenvalue weighted by Crippen LogP contribution is -2.12. The summed E-state index contributed by atoms with van der Waals surface area (Å²) in [6.07, 6.45) is 0. The molecule has 0 aliphatic carbocycles. The smallest absolute Gasteiger partial charge is 0.209 e. The molecule has 0 saturated carbocycles. The van der Waals surface area contributed by atoms with E-state index in [0.717, 1.165) is 5.69 Å². The average molecular weight is 168 g/mol. The van der Waals surface area contributed by atoms with Crippen LogP contribution >= 0.6 is 0 Å². The highest BCUT2D eigenvalue weighted by Crippen LogP contribution is 2.23. The van der Waals surface area contributed by atoms with Crippen molar-refractivity contribution in [2.75, 3.05) is 0 Å². The Morgan fingerprint density at radius 1 is 1.50 bits per heavy atom. The summed E-state index contributed by atoms with van der Waals surface area (Å²) in [6.45, 7) is 8.90. The van der Waals surface area contributed by atoms with Crippen LogP contribution in [0.1, 0.15) is 33.4 Å². The first-order chi connectivity index (χ1) is 5.45. The lowest BCUT2D eigenvalue weighted by Gasteiger charge is -2.13. The summed E-state index contributed by atoms with van der Waals surface area (Å²) in [6, 6.07) is 1.73. The Hall–Kier alpha value is -0.990. The van der Waals surface area contributed by atoms with Gasteiger partial charge in [-0.05, 0) is 6.92 Å². The van der Waals surface area contributed by atoms with Gasteiger partial charge in [0, 0.05) is 18.0 Å². The molecule has 0 amide bonds. The van der Waals surface area contributed by atoms with E-state index in [4.69, 9.17) is 0 Å². The van der Waals surface area contributed by atoms with Gasteiger partial charge in [0.15, 0.2) is 0 Å². The number of aromatic nitrogens is 2. The first kappa shape index (κ1) is 9.10. The lowest BCUT2D eigenvalue weighted by atomic mass is 9.93. The maximum Gasteiger partial charge on any atom is 0.209 e. The van der Waals surface area contributed by atoms with Crippen molar-refractivity contribution >= 4 is 0 Å². The second-order valence-electron chi connectivity index (χ2n) is 3.95. The Kier molecular flexibility index (Phi) is 2.13. The van der Waals surface area contributed by atoms with E-state index in [2.05, 4.69) is 25.9 Å². The summed E-state index contributed by atoms with van der Waals surface area (Å²) in [7, 11) is 0. The van der Waals surface area contributed by atoms with Crippen molar-refractivity contribution in [2.45, 2.75) is 39.7 Å². The van der Waals surface area contributed by atoms with Crippen molar-refractivity contribution in [2.24, 2.45) is 0 Å². The molecule has 1 heterocycles. The fraction of sp³-hybridized carbons (Fsp3) is 0.667. The van der Waals surface area contributed by atoms with Crippen LogP contribution in [-0.4, -0.2) is 14.9 Å². The largest absolute Gasteiger partial charge is 0.493 e.